The van der Waals surface area contributed by atoms with Crippen molar-refractivity contribution >= 4 is 0 Å². The Labute approximate surface area is 72.6 Å². The Morgan fingerprint density at radius 2 is 2.15 bits per heavy atom. The molecular formula is C8H5F3N2. The van der Waals surface area contributed by atoms with E-state index in [1.165, 1.54) is 0 Å². The van der Waals surface area contributed by atoms with Gasteiger partial charge >= 0.3 is 0 Å². The Balaban J connectivity index is 3.17. The van der Waals surface area contributed by atoms with Crippen LogP contribution >= 0.6 is 0 Å². The molecule has 1 aromatic heterocycles. The van der Waals surface area contributed by atoms with E-state index in [0.717, 1.165) is 12.1 Å². The van der Waals surface area contributed by atoms with Crippen LogP contribution in [0.1, 0.15) is 23.4 Å². The van der Waals surface area contributed by atoms with E-state index < -0.39 is 18.8 Å². The molecule has 0 unspecified atom stereocenters. The van der Waals surface area contributed by atoms with Gasteiger partial charge in [-0.25, -0.2) is 18.2 Å². The number of hydrogen-bond donors (Lipinski definition) is 0. The number of pyridine rings is 1. The molecule has 1 heterocycles. The lowest BCUT2D eigenvalue weighted by Crippen LogP contribution is -1.96. The van der Waals surface area contributed by atoms with Gasteiger partial charge in [0.2, 0.25) is 0 Å². The topological polar surface area (TPSA) is 36.7 Å². The maximum Gasteiger partial charge on any atom is 0.280 e. The predicted molar refractivity (Wildman–Crippen MR) is 38.7 cm³/mol. The maximum absolute atomic E-state index is 12.1. The highest BCUT2D eigenvalue weighted by Crippen LogP contribution is 2.18. The van der Waals surface area contributed by atoms with Crippen LogP contribution in [-0.2, 0) is 6.67 Å². The van der Waals surface area contributed by atoms with Gasteiger partial charge in [0.15, 0.2) is 0 Å². The van der Waals surface area contributed by atoms with E-state index in [1.807, 2.05) is 0 Å². The van der Waals surface area contributed by atoms with Gasteiger partial charge in [-0.05, 0) is 12.1 Å². The van der Waals surface area contributed by atoms with Crippen molar-refractivity contribution in [2.24, 2.45) is 0 Å². The molecule has 1 aromatic rings. The second kappa shape index (κ2) is 3.90. The fourth-order valence-electron chi connectivity index (χ4n) is 0.856. The monoisotopic (exact) mass is 186 g/mol. The van der Waals surface area contributed by atoms with Gasteiger partial charge in [0, 0.05) is 0 Å². The van der Waals surface area contributed by atoms with E-state index in [-0.39, 0.29) is 11.3 Å². The lowest BCUT2D eigenvalue weighted by atomic mass is 10.2. The summed E-state index contributed by atoms with van der Waals surface area (Å²) in [4.78, 5) is 3.32. The first kappa shape index (κ1) is 9.52. The van der Waals surface area contributed by atoms with Crippen molar-refractivity contribution < 1.29 is 13.2 Å². The molecule has 0 aliphatic rings. The van der Waals surface area contributed by atoms with Crippen molar-refractivity contribution in [3.8, 4) is 6.07 Å². The number of nitrogens with zero attached hydrogens (tertiary/aromatic N) is 2. The molecule has 0 saturated heterocycles. The Morgan fingerprint density at radius 1 is 1.46 bits per heavy atom. The van der Waals surface area contributed by atoms with Gasteiger partial charge in [0.05, 0.1) is 17.3 Å². The summed E-state index contributed by atoms with van der Waals surface area (Å²) in [5, 5.41) is 8.42. The van der Waals surface area contributed by atoms with Gasteiger partial charge in [-0.3, -0.25) is 0 Å². The van der Waals surface area contributed by atoms with Gasteiger partial charge in [-0.15, -0.1) is 0 Å². The zero-order valence-corrected chi connectivity index (χ0v) is 6.47. The van der Waals surface area contributed by atoms with Gasteiger partial charge in [-0.1, -0.05) is 0 Å². The van der Waals surface area contributed by atoms with E-state index in [1.54, 1.807) is 6.07 Å². The minimum absolute atomic E-state index is 0.00190. The van der Waals surface area contributed by atoms with Crippen LogP contribution in [0.2, 0.25) is 0 Å². The number of rotatable bonds is 2. The Bertz CT molecular complexity index is 344. The van der Waals surface area contributed by atoms with Crippen molar-refractivity contribution in [1.82, 2.24) is 4.98 Å². The summed E-state index contributed by atoms with van der Waals surface area (Å²) in [5.74, 6) is 0. The summed E-state index contributed by atoms with van der Waals surface area (Å²) < 4.78 is 36.3. The van der Waals surface area contributed by atoms with E-state index in [9.17, 15) is 13.2 Å². The minimum Gasteiger partial charge on any atom is -0.249 e. The number of alkyl halides is 3. The van der Waals surface area contributed by atoms with Crippen molar-refractivity contribution in [2.75, 3.05) is 0 Å². The third-order valence-electron chi connectivity index (χ3n) is 1.39. The highest BCUT2D eigenvalue weighted by atomic mass is 19.3. The molecule has 0 bridgehead atoms. The lowest BCUT2D eigenvalue weighted by molar-refractivity contribution is 0.145. The third-order valence-corrected chi connectivity index (χ3v) is 1.39. The molecule has 0 aliphatic heterocycles. The van der Waals surface area contributed by atoms with Crippen LogP contribution in [0.15, 0.2) is 12.1 Å². The molecule has 0 amide bonds. The van der Waals surface area contributed by atoms with Gasteiger partial charge in [-0.2, -0.15) is 5.26 Å². The largest absolute Gasteiger partial charge is 0.280 e. The molecule has 2 nitrogen and oxygen atoms in total. The second-order valence-corrected chi connectivity index (χ2v) is 2.32. The summed E-state index contributed by atoms with van der Waals surface area (Å²) in [6.07, 6.45) is -2.78. The molecule has 1 rings (SSSR count). The first-order valence-electron chi connectivity index (χ1n) is 3.42. The quantitative estimate of drug-likeness (QED) is 0.710. The van der Waals surface area contributed by atoms with Crippen LogP contribution in [-0.4, -0.2) is 4.98 Å². The third kappa shape index (κ3) is 2.18. The molecule has 13 heavy (non-hydrogen) atoms. The highest BCUT2D eigenvalue weighted by Gasteiger charge is 2.11. The Morgan fingerprint density at radius 3 is 2.62 bits per heavy atom. The highest BCUT2D eigenvalue weighted by molar-refractivity contribution is 5.32. The molecule has 68 valence electrons. The average molecular weight is 186 g/mol. The summed E-state index contributed by atoms with van der Waals surface area (Å²) in [6, 6.07) is 3.75. The number of aromatic nitrogens is 1. The summed E-state index contributed by atoms with van der Waals surface area (Å²) in [5.41, 5.74) is -0.709. The first-order valence-corrected chi connectivity index (χ1v) is 3.42. The number of hydrogen-bond acceptors (Lipinski definition) is 2. The van der Waals surface area contributed by atoms with Crippen LogP contribution in [0.4, 0.5) is 13.2 Å². The summed E-state index contributed by atoms with van der Waals surface area (Å²) >= 11 is 0. The van der Waals surface area contributed by atoms with Crippen molar-refractivity contribution in [1.29, 1.82) is 5.26 Å². The molecular weight excluding hydrogens is 181 g/mol. The maximum atomic E-state index is 12.1. The molecule has 0 aromatic carbocycles. The molecule has 0 radical (unpaired) electrons. The first-order chi connectivity index (χ1) is 6.17. The SMILES string of the molecule is N#Cc1cc(CF)nc(C(F)F)c1. The van der Waals surface area contributed by atoms with E-state index in [4.69, 9.17) is 5.26 Å². The van der Waals surface area contributed by atoms with E-state index >= 15 is 0 Å². The smallest absolute Gasteiger partial charge is 0.249 e. The normalized spacial score (nSPS) is 10.1. The van der Waals surface area contributed by atoms with E-state index in [0.29, 0.717) is 0 Å². The lowest BCUT2D eigenvalue weighted by Gasteiger charge is -2.01. The zero-order chi connectivity index (χ0) is 9.84. The van der Waals surface area contributed by atoms with Crippen LogP contribution in [0.3, 0.4) is 0 Å². The van der Waals surface area contributed by atoms with Crippen molar-refractivity contribution in [2.45, 2.75) is 13.1 Å². The Kier molecular flexibility index (Phi) is 2.85. The van der Waals surface area contributed by atoms with Gasteiger partial charge in [0.25, 0.3) is 6.43 Å². The number of nitriles is 1. The minimum atomic E-state index is -2.78. The predicted octanol–water partition coefficient (Wildman–Crippen LogP) is 2.36. The van der Waals surface area contributed by atoms with Gasteiger partial charge in [0.1, 0.15) is 12.4 Å². The number of halogens is 3. The molecule has 0 spiro atoms. The summed E-state index contributed by atoms with van der Waals surface area (Å²) in [7, 11) is 0. The van der Waals surface area contributed by atoms with Crippen LogP contribution in [0.25, 0.3) is 0 Å². The molecule has 5 heteroatoms. The molecule has 0 saturated carbocycles. The van der Waals surface area contributed by atoms with Crippen molar-refractivity contribution in [3.63, 3.8) is 0 Å². The molecule has 0 aliphatic carbocycles. The Hall–Kier alpha value is -1.57. The van der Waals surface area contributed by atoms with Crippen LogP contribution in [0.5, 0.6) is 0 Å². The van der Waals surface area contributed by atoms with E-state index in [2.05, 4.69) is 4.98 Å². The molecule has 0 atom stereocenters. The second-order valence-electron chi connectivity index (χ2n) is 2.32. The van der Waals surface area contributed by atoms with Crippen molar-refractivity contribution in [3.05, 3.63) is 29.1 Å². The fourth-order valence-corrected chi connectivity index (χ4v) is 0.856. The zero-order valence-electron chi connectivity index (χ0n) is 6.47. The van der Waals surface area contributed by atoms with Crippen LogP contribution < -0.4 is 0 Å². The molecule has 0 fully saturated rings. The summed E-state index contributed by atoms with van der Waals surface area (Å²) in [6.45, 7) is -0.949. The average Bonchev–Trinajstić information content (AvgIpc) is 2.16. The molecule has 0 N–H and O–H groups in total. The van der Waals surface area contributed by atoms with Crippen LogP contribution in [0, 0.1) is 11.3 Å². The van der Waals surface area contributed by atoms with Gasteiger partial charge < -0.3 is 0 Å². The fraction of sp³-hybridized carbons (Fsp3) is 0.250. The standard InChI is InChI=1S/C8H5F3N2/c9-3-6-1-5(4-12)2-7(13-6)8(10)11/h1-2,8H,3H2.